The molecule has 0 radical (unpaired) electrons. The molecule has 3 aromatic rings. The summed E-state index contributed by atoms with van der Waals surface area (Å²) in [7, 11) is 0. The summed E-state index contributed by atoms with van der Waals surface area (Å²) in [6.07, 6.45) is 5.66. The third-order valence-electron chi connectivity index (χ3n) is 3.98. The second kappa shape index (κ2) is 5.11. The molecule has 3 aromatic heterocycles. The molecule has 1 aliphatic rings. The molecule has 6 heteroatoms. The zero-order chi connectivity index (χ0) is 14.2. The molecule has 108 valence electrons. The standard InChI is InChI=1S/C15H16N4OS/c1-9-2-5-12(21-9)7-14-17-15(20-19-14)10-3-4-11-8-16-18-13(11)6-10/h2,5,8,10H,3-4,6-7H2,1H3,(H,16,18). The van der Waals surface area contributed by atoms with Crippen LogP contribution < -0.4 is 0 Å². The molecule has 0 aliphatic heterocycles. The van der Waals surface area contributed by atoms with Crippen LogP contribution in [0.25, 0.3) is 0 Å². The third kappa shape index (κ3) is 2.51. The summed E-state index contributed by atoms with van der Waals surface area (Å²) in [5, 5.41) is 11.3. The SMILES string of the molecule is Cc1ccc(Cc2noc(C3CCc4cn[nH]c4C3)n2)s1. The van der Waals surface area contributed by atoms with E-state index in [2.05, 4.69) is 39.4 Å². The lowest BCUT2D eigenvalue weighted by atomic mass is 9.88. The summed E-state index contributed by atoms with van der Waals surface area (Å²) in [4.78, 5) is 7.18. The van der Waals surface area contributed by atoms with E-state index in [9.17, 15) is 0 Å². The highest BCUT2D eigenvalue weighted by Crippen LogP contribution is 2.30. The minimum absolute atomic E-state index is 0.310. The van der Waals surface area contributed by atoms with E-state index < -0.39 is 0 Å². The maximum atomic E-state index is 5.48. The van der Waals surface area contributed by atoms with Crippen LogP contribution in [0.1, 0.15) is 45.1 Å². The third-order valence-corrected chi connectivity index (χ3v) is 4.98. The number of hydrogen-bond donors (Lipinski definition) is 1. The van der Waals surface area contributed by atoms with Gasteiger partial charge in [0.05, 0.1) is 6.20 Å². The van der Waals surface area contributed by atoms with E-state index in [1.54, 1.807) is 11.3 Å². The van der Waals surface area contributed by atoms with Gasteiger partial charge >= 0.3 is 0 Å². The van der Waals surface area contributed by atoms with E-state index in [0.717, 1.165) is 37.4 Å². The van der Waals surface area contributed by atoms with E-state index in [1.165, 1.54) is 21.0 Å². The Kier molecular flexibility index (Phi) is 3.11. The zero-order valence-corrected chi connectivity index (χ0v) is 12.6. The monoisotopic (exact) mass is 300 g/mol. The predicted octanol–water partition coefficient (Wildman–Crippen LogP) is 3.03. The smallest absolute Gasteiger partial charge is 0.230 e. The first-order valence-electron chi connectivity index (χ1n) is 7.17. The van der Waals surface area contributed by atoms with Gasteiger partial charge in [-0.1, -0.05) is 5.16 Å². The van der Waals surface area contributed by atoms with Crippen LogP contribution in [0.2, 0.25) is 0 Å². The topological polar surface area (TPSA) is 67.6 Å². The summed E-state index contributed by atoms with van der Waals surface area (Å²) < 4.78 is 5.48. The van der Waals surface area contributed by atoms with Gasteiger partial charge in [-0.05, 0) is 37.5 Å². The second-order valence-corrected chi connectivity index (χ2v) is 6.92. The van der Waals surface area contributed by atoms with Crippen molar-refractivity contribution >= 4 is 11.3 Å². The van der Waals surface area contributed by atoms with Gasteiger partial charge in [0.25, 0.3) is 0 Å². The van der Waals surface area contributed by atoms with Crippen molar-refractivity contribution in [3.63, 3.8) is 0 Å². The van der Waals surface area contributed by atoms with Gasteiger partial charge in [-0.2, -0.15) is 10.1 Å². The number of thiophene rings is 1. The van der Waals surface area contributed by atoms with Crippen molar-refractivity contribution < 1.29 is 4.52 Å². The predicted molar refractivity (Wildman–Crippen MR) is 79.5 cm³/mol. The molecular weight excluding hydrogens is 284 g/mol. The molecule has 0 spiro atoms. The molecule has 1 aliphatic carbocycles. The van der Waals surface area contributed by atoms with E-state index in [4.69, 9.17) is 4.52 Å². The fourth-order valence-corrected chi connectivity index (χ4v) is 3.75. The highest BCUT2D eigenvalue weighted by molar-refractivity contribution is 7.11. The number of fused-ring (bicyclic) bond motifs is 1. The summed E-state index contributed by atoms with van der Waals surface area (Å²) >= 11 is 1.78. The first-order chi connectivity index (χ1) is 10.3. The van der Waals surface area contributed by atoms with Gasteiger partial charge in [0, 0.05) is 34.2 Å². The molecule has 1 unspecified atom stereocenters. The molecule has 4 rings (SSSR count). The maximum Gasteiger partial charge on any atom is 0.230 e. The average Bonchev–Trinajstić information content (AvgIpc) is 3.19. The van der Waals surface area contributed by atoms with Gasteiger partial charge in [0.15, 0.2) is 5.82 Å². The summed E-state index contributed by atoms with van der Waals surface area (Å²) in [6, 6.07) is 4.26. The molecule has 1 N–H and O–H groups in total. The molecular formula is C15H16N4OS. The number of nitrogens with one attached hydrogen (secondary N) is 1. The van der Waals surface area contributed by atoms with E-state index >= 15 is 0 Å². The van der Waals surface area contributed by atoms with Crippen LogP contribution in [0.4, 0.5) is 0 Å². The van der Waals surface area contributed by atoms with Crippen LogP contribution in [-0.4, -0.2) is 20.3 Å². The number of aryl methyl sites for hydroxylation is 2. The Labute approximate surface area is 126 Å². The van der Waals surface area contributed by atoms with E-state index in [1.807, 2.05) is 6.20 Å². The fourth-order valence-electron chi connectivity index (χ4n) is 2.86. The largest absolute Gasteiger partial charge is 0.339 e. The maximum absolute atomic E-state index is 5.48. The van der Waals surface area contributed by atoms with Gasteiger partial charge in [0.1, 0.15) is 0 Å². The quantitative estimate of drug-likeness (QED) is 0.807. The summed E-state index contributed by atoms with van der Waals surface area (Å²) in [5.74, 6) is 1.85. The summed E-state index contributed by atoms with van der Waals surface area (Å²) in [5.41, 5.74) is 2.53. The second-order valence-electron chi connectivity index (χ2n) is 5.55. The van der Waals surface area contributed by atoms with Crippen molar-refractivity contribution in [1.82, 2.24) is 20.3 Å². The number of hydrogen-bond acceptors (Lipinski definition) is 5. The minimum Gasteiger partial charge on any atom is -0.339 e. The molecule has 5 nitrogen and oxygen atoms in total. The van der Waals surface area contributed by atoms with Crippen LogP contribution in [-0.2, 0) is 19.3 Å². The zero-order valence-electron chi connectivity index (χ0n) is 11.8. The van der Waals surface area contributed by atoms with E-state index in [-0.39, 0.29) is 0 Å². The molecule has 0 fully saturated rings. The van der Waals surface area contributed by atoms with Crippen LogP contribution in [0, 0.1) is 6.92 Å². The van der Waals surface area contributed by atoms with Crippen molar-refractivity contribution in [1.29, 1.82) is 0 Å². The number of rotatable bonds is 3. The van der Waals surface area contributed by atoms with Crippen molar-refractivity contribution in [3.8, 4) is 0 Å². The molecule has 0 saturated carbocycles. The molecule has 1 atom stereocenters. The first kappa shape index (κ1) is 12.8. The van der Waals surface area contributed by atoms with Crippen LogP contribution in [0.5, 0.6) is 0 Å². The number of aromatic amines is 1. The van der Waals surface area contributed by atoms with Crippen molar-refractivity contribution in [2.24, 2.45) is 0 Å². The van der Waals surface area contributed by atoms with Gasteiger partial charge in [-0.15, -0.1) is 11.3 Å². The Morgan fingerprint density at radius 1 is 1.43 bits per heavy atom. The number of nitrogens with zero attached hydrogens (tertiary/aromatic N) is 3. The van der Waals surface area contributed by atoms with Gasteiger partial charge in [-0.3, -0.25) is 5.10 Å². The Morgan fingerprint density at radius 2 is 2.38 bits per heavy atom. The first-order valence-corrected chi connectivity index (χ1v) is 7.98. The summed E-state index contributed by atoms with van der Waals surface area (Å²) in [6.45, 7) is 2.11. The van der Waals surface area contributed by atoms with Crippen LogP contribution >= 0.6 is 11.3 Å². The lowest BCUT2D eigenvalue weighted by Gasteiger charge is -2.17. The van der Waals surface area contributed by atoms with Crippen LogP contribution in [0.3, 0.4) is 0 Å². The van der Waals surface area contributed by atoms with Gasteiger partial charge in [-0.25, -0.2) is 0 Å². The Balaban J connectivity index is 1.50. The van der Waals surface area contributed by atoms with Gasteiger partial charge < -0.3 is 4.52 Å². The fraction of sp³-hybridized carbons (Fsp3) is 0.400. The molecule has 21 heavy (non-hydrogen) atoms. The molecule has 0 saturated heterocycles. The molecule has 0 aromatic carbocycles. The number of H-pyrrole nitrogens is 1. The van der Waals surface area contributed by atoms with Crippen molar-refractivity contribution in [2.45, 2.75) is 38.5 Å². The Hall–Kier alpha value is -1.95. The van der Waals surface area contributed by atoms with Crippen molar-refractivity contribution in [2.75, 3.05) is 0 Å². The van der Waals surface area contributed by atoms with E-state index in [0.29, 0.717) is 5.92 Å². The normalized spacial score (nSPS) is 17.9. The van der Waals surface area contributed by atoms with Gasteiger partial charge in [0.2, 0.25) is 5.89 Å². The Bertz CT molecular complexity index is 757. The average molecular weight is 300 g/mol. The molecule has 3 heterocycles. The molecule has 0 amide bonds. The molecule has 0 bridgehead atoms. The minimum atomic E-state index is 0.310. The lowest BCUT2D eigenvalue weighted by molar-refractivity contribution is 0.337. The van der Waals surface area contributed by atoms with Crippen LogP contribution in [0.15, 0.2) is 22.9 Å². The highest BCUT2D eigenvalue weighted by atomic mass is 32.1. The lowest BCUT2D eigenvalue weighted by Crippen LogP contribution is -2.12. The Morgan fingerprint density at radius 3 is 3.24 bits per heavy atom. The highest BCUT2D eigenvalue weighted by Gasteiger charge is 2.26. The van der Waals surface area contributed by atoms with Crippen molar-refractivity contribution in [3.05, 3.63) is 51.1 Å². The number of aromatic nitrogens is 4.